The van der Waals surface area contributed by atoms with Crippen molar-refractivity contribution < 1.29 is 5.11 Å². The van der Waals surface area contributed by atoms with Crippen LogP contribution in [0.4, 0.5) is 0 Å². The van der Waals surface area contributed by atoms with Crippen LogP contribution < -0.4 is 0 Å². The first-order valence-electron chi connectivity index (χ1n) is 3.21. The van der Waals surface area contributed by atoms with Crippen molar-refractivity contribution >= 4 is 0 Å². The number of aryl methyl sites for hydroxylation is 1. The Morgan fingerprint density at radius 1 is 1.56 bits per heavy atom. The molecule has 2 N–H and O–H groups in total. The highest BCUT2D eigenvalue weighted by atomic mass is 16.3. The molecule has 9 heavy (non-hydrogen) atoms. The van der Waals surface area contributed by atoms with Gasteiger partial charge in [-0.1, -0.05) is 0 Å². The van der Waals surface area contributed by atoms with Crippen molar-refractivity contribution in [3.8, 4) is 0 Å². The molecule has 2 nitrogen and oxygen atoms in total. The number of hydrogen-bond donors (Lipinski definition) is 2. The van der Waals surface area contributed by atoms with Crippen molar-refractivity contribution in [1.82, 2.24) is 4.98 Å². The summed E-state index contributed by atoms with van der Waals surface area (Å²) in [4.78, 5) is 2.97. The van der Waals surface area contributed by atoms with E-state index < -0.39 is 0 Å². The van der Waals surface area contributed by atoms with Gasteiger partial charge in [0.05, 0.1) is 6.10 Å². The Kier molecular flexibility index (Phi) is 0.904. The summed E-state index contributed by atoms with van der Waals surface area (Å²) < 4.78 is 0. The summed E-state index contributed by atoms with van der Waals surface area (Å²) in [6, 6.07) is 0. The van der Waals surface area contributed by atoms with E-state index in [9.17, 15) is 5.11 Å². The maximum absolute atomic E-state index is 9.25. The van der Waals surface area contributed by atoms with E-state index in [2.05, 4.69) is 4.98 Å². The molecular weight excluding hydrogens is 114 g/mol. The maximum Gasteiger partial charge on any atom is 0.0810 e. The molecule has 0 saturated carbocycles. The van der Waals surface area contributed by atoms with E-state index in [4.69, 9.17) is 0 Å². The van der Waals surface area contributed by atoms with Crippen LogP contribution in [0.15, 0.2) is 12.4 Å². The molecule has 1 aromatic heterocycles. The van der Waals surface area contributed by atoms with Gasteiger partial charge in [0, 0.05) is 18.0 Å². The Balaban J connectivity index is 2.49. The molecule has 48 valence electrons. The molecular formula is C7H9NO. The van der Waals surface area contributed by atoms with Crippen LogP contribution in [0, 0.1) is 0 Å². The molecule has 0 saturated heterocycles. The molecule has 0 aliphatic heterocycles. The third-order valence-corrected chi connectivity index (χ3v) is 1.91. The van der Waals surface area contributed by atoms with Crippen LogP contribution in [-0.4, -0.2) is 10.1 Å². The zero-order valence-electron chi connectivity index (χ0n) is 5.09. The van der Waals surface area contributed by atoms with Crippen molar-refractivity contribution in [2.45, 2.75) is 18.9 Å². The molecule has 0 fully saturated rings. The second-order valence-corrected chi connectivity index (χ2v) is 2.49. The lowest BCUT2D eigenvalue weighted by Gasteiger charge is -1.95. The molecule has 1 atom stereocenters. The van der Waals surface area contributed by atoms with Gasteiger partial charge >= 0.3 is 0 Å². The van der Waals surface area contributed by atoms with Crippen molar-refractivity contribution in [2.24, 2.45) is 0 Å². The maximum atomic E-state index is 9.25. The third kappa shape index (κ3) is 0.598. The Bertz CT molecular complexity index is 216. The highest BCUT2D eigenvalue weighted by molar-refractivity contribution is 5.29. The lowest BCUT2D eigenvalue weighted by molar-refractivity contribution is 0.180. The molecule has 0 bridgehead atoms. The van der Waals surface area contributed by atoms with Crippen molar-refractivity contribution in [2.75, 3.05) is 0 Å². The molecule has 2 rings (SSSR count). The summed E-state index contributed by atoms with van der Waals surface area (Å²) in [7, 11) is 0. The minimum Gasteiger partial charge on any atom is -0.388 e. The van der Waals surface area contributed by atoms with Crippen LogP contribution in [-0.2, 0) is 6.42 Å². The Hall–Kier alpha value is -0.760. The Morgan fingerprint density at radius 3 is 3.22 bits per heavy atom. The van der Waals surface area contributed by atoms with Gasteiger partial charge in [0.2, 0.25) is 0 Å². The molecule has 1 aromatic rings. The molecule has 0 aromatic carbocycles. The second-order valence-electron chi connectivity index (χ2n) is 2.49. The predicted molar refractivity (Wildman–Crippen MR) is 34.1 cm³/mol. The Morgan fingerprint density at radius 2 is 2.44 bits per heavy atom. The van der Waals surface area contributed by atoms with E-state index >= 15 is 0 Å². The van der Waals surface area contributed by atoms with Crippen LogP contribution in [0.2, 0.25) is 0 Å². The summed E-state index contributed by atoms with van der Waals surface area (Å²) in [6.45, 7) is 0. The van der Waals surface area contributed by atoms with Gasteiger partial charge in [0.25, 0.3) is 0 Å². The quantitative estimate of drug-likeness (QED) is 0.530. The van der Waals surface area contributed by atoms with Crippen LogP contribution in [0.25, 0.3) is 0 Å². The molecule has 0 spiro atoms. The van der Waals surface area contributed by atoms with Crippen molar-refractivity contribution in [3.63, 3.8) is 0 Å². The molecule has 0 unspecified atom stereocenters. The normalized spacial score (nSPS) is 24.3. The minimum absolute atomic E-state index is 0.203. The SMILES string of the molecule is O[C@H]1CCc2c[nH]cc21. The highest BCUT2D eigenvalue weighted by Gasteiger charge is 2.19. The average Bonchev–Trinajstić information content (AvgIpc) is 2.35. The number of H-pyrrole nitrogens is 1. The molecule has 0 amide bonds. The summed E-state index contributed by atoms with van der Waals surface area (Å²) in [6.07, 6.45) is 5.57. The van der Waals surface area contributed by atoms with Gasteiger partial charge in [-0.3, -0.25) is 0 Å². The Labute approximate surface area is 53.5 Å². The van der Waals surface area contributed by atoms with Crippen molar-refractivity contribution in [3.05, 3.63) is 23.5 Å². The van der Waals surface area contributed by atoms with E-state index in [1.807, 2.05) is 12.4 Å². The van der Waals surface area contributed by atoms with Gasteiger partial charge in [-0.15, -0.1) is 0 Å². The van der Waals surface area contributed by atoms with Gasteiger partial charge in [0.1, 0.15) is 0 Å². The van der Waals surface area contributed by atoms with Crippen LogP contribution >= 0.6 is 0 Å². The molecule has 1 heterocycles. The number of aromatic nitrogens is 1. The standard InChI is InChI=1S/C7H9NO/c9-7-2-1-5-3-8-4-6(5)7/h3-4,7-9H,1-2H2/t7-/m0/s1. The number of aliphatic hydroxyl groups is 1. The van der Waals surface area contributed by atoms with E-state index in [-0.39, 0.29) is 6.10 Å². The van der Waals surface area contributed by atoms with Gasteiger partial charge in [-0.05, 0) is 18.4 Å². The monoisotopic (exact) mass is 123 g/mol. The number of aromatic amines is 1. The smallest absolute Gasteiger partial charge is 0.0810 e. The molecule has 2 heteroatoms. The zero-order valence-corrected chi connectivity index (χ0v) is 5.09. The van der Waals surface area contributed by atoms with E-state index in [0.29, 0.717) is 0 Å². The van der Waals surface area contributed by atoms with Gasteiger partial charge in [0.15, 0.2) is 0 Å². The first kappa shape index (κ1) is 5.06. The zero-order chi connectivity index (χ0) is 6.27. The van der Waals surface area contributed by atoms with E-state index in [0.717, 1.165) is 18.4 Å². The van der Waals surface area contributed by atoms with E-state index in [1.165, 1.54) is 5.56 Å². The summed E-state index contributed by atoms with van der Waals surface area (Å²) in [5.74, 6) is 0. The van der Waals surface area contributed by atoms with Crippen LogP contribution in [0.5, 0.6) is 0 Å². The molecule has 1 aliphatic rings. The number of nitrogens with one attached hydrogen (secondary N) is 1. The number of fused-ring (bicyclic) bond motifs is 1. The number of aliphatic hydroxyl groups excluding tert-OH is 1. The first-order valence-corrected chi connectivity index (χ1v) is 3.21. The number of rotatable bonds is 0. The summed E-state index contributed by atoms with van der Waals surface area (Å²) >= 11 is 0. The number of hydrogen-bond acceptors (Lipinski definition) is 1. The molecule has 1 aliphatic carbocycles. The van der Waals surface area contributed by atoms with Gasteiger partial charge < -0.3 is 10.1 Å². The average molecular weight is 123 g/mol. The van der Waals surface area contributed by atoms with Crippen LogP contribution in [0.3, 0.4) is 0 Å². The van der Waals surface area contributed by atoms with Gasteiger partial charge in [-0.25, -0.2) is 0 Å². The second kappa shape index (κ2) is 1.61. The summed E-state index contributed by atoms with van der Waals surface area (Å²) in [5.41, 5.74) is 2.37. The lowest BCUT2D eigenvalue weighted by Crippen LogP contribution is -1.86. The topological polar surface area (TPSA) is 36.0 Å². The summed E-state index contributed by atoms with van der Waals surface area (Å²) in [5, 5.41) is 9.25. The van der Waals surface area contributed by atoms with Crippen molar-refractivity contribution in [1.29, 1.82) is 0 Å². The predicted octanol–water partition coefficient (Wildman–Crippen LogP) is 0.994. The fourth-order valence-corrected chi connectivity index (χ4v) is 1.38. The fourth-order valence-electron chi connectivity index (χ4n) is 1.38. The highest BCUT2D eigenvalue weighted by Crippen LogP contribution is 2.29. The fraction of sp³-hybridized carbons (Fsp3) is 0.429. The largest absolute Gasteiger partial charge is 0.388 e. The van der Waals surface area contributed by atoms with Crippen LogP contribution in [0.1, 0.15) is 23.7 Å². The van der Waals surface area contributed by atoms with Gasteiger partial charge in [-0.2, -0.15) is 0 Å². The van der Waals surface area contributed by atoms with E-state index in [1.54, 1.807) is 0 Å². The molecule has 0 radical (unpaired) electrons. The minimum atomic E-state index is -0.203. The first-order chi connectivity index (χ1) is 4.38. The third-order valence-electron chi connectivity index (χ3n) is 1.91. The lowest BCUT2D eigenvalue weighted by atomic mass is 10.2.